The van der Waals surface area contributed by atoms with Crippen LogP contribution in [0.4, 0.5) is 0 Å². The van der Waals surface area contributed by atoms with Gasteiger partial charge in [0.25, 0.3) is 0 Å². The van der Waals surface area contributed by atoms with E-state index in [0.717, 1.165) is 5.76 Å². The van der Waals surface area contributed by atoms with Crippen molar-refractivity contribution < 1.29 is 9.15 Å². The summed E-state index contributed by atoms with van der Waals surface area (Å²) in [7, 11) is 0. The van der Waals surface area contributed by atoms with E-state index in [0.29, 0.717) is 6.61 Å². The van der Waals surface area contributed by atoms with Crippen molar-refractivity contribution in [3.05, 3.63) is 24.2 Å². The molecule has 1 rings (SSSR count). The second kappa shape index (κ2) is 5.81. The van der Waals surface area contributed by atoms with E-state index in [2.05, 4.69) is 0 Å². The van der Waals surface area contributed by atoms with Crippen LogP contribution in [0, 0.1) is 0 Å². The number of rotatable bonds is 2. The highest BCUT2D eigenvalue weighted by molar-refractivity contribution is 4.96. The molecule has 0 atom stereocenters. The lowest BCUT2D eigenvalue weighted by molar-refractivity contribution is -0.0224. The van der Waals surface area contributed by atoms with Gasteiger partial charge in [-0.2, -0.15) is 0 Å². The Balaban J connectivity index is 0.000000671. The molecule has 0 aliphatic rings. The van der Waals surface area contributed by atoms with Gasteiger partial charge in [0.15, 0.2) is 0 Å². The molecule has 0 aliphatic heterocycles. The van der Waals surface area contributed by atoms with Gasteiger partial charge >= 0.3 is 0 Å². The Hall–Kier alpha value is -0.760. The van der Waals surface area contributed by atoms with Gasteiger partial charge in [-0.05, 0) is 32.9 Å². The molecule has 0 unspecified atom stereocenters. The van der Waals surface area contributed by atoms with Gasteiger partial charge in [-0.1, -0.05) is 13.8 Å². The Morgan fingerprint density at radius 3 is 2.31 bits per heavy atom. The van der Waals surface area contributed by atoms with Gasteiger partial charge in [0.05, 0.1) is 11.9 Å². The molecule has 76 valence electrons. The zero-order valence-electron chi connectivity index (χ0n) is 9.26. The number of ether oxygens (including phenoxy) is 1. The van der Waals surface area contributed by atoms with Gasteiger partial charge in [0, 0.05) is 0 Å². The fourth-order valence-electron chi connectivity index (χ4n) is 0.682. The molecule has 0 saturated heterocycles. The lowest BCUT2D eigenvalue weighted by Gasteiger charge is -2.18. The highest BCUT2D eigenvalue weighted by atomic mass is 16.5. The number of hydrogen-bond donors (Lipinski definition) is 0. The van der Waals surface area contributed by atoms with E-state index < -0.39 is 0 Å². The van der Waals surface area contributed by atoms with Crippen molar-refractivity contribution >= 4 is 0 Å². The smallest absolute Gasteiger partial charge is 0.129 e. The fourth-order valence-corrected chi connectivity index (χ4v) is 0.682. The highest BCUT2D eigenvalue weighted by Gasteiger charge is 2.10. The van der Waals surface area contributed by atoms with Crippen LogP contribution < -0.4 is 0 Å². The maximum Gasteiger partial charge on any atom is 0.129 e. The minimum atomic E-state index is -0.0905. The molecule has 0 aliphatic carbocycles. The first-order valence-corrected chi connectivity index (χ1v) is 4.74. The molecular formula is C11H20O2. The Morgan fingerprint density at radius 1 is 1.31 bits per heavy atom. The second-order valence-electron chi connectivity index (χ2n) is 3.48. The zero-order chi connectivity index (χ0) is 10.3. The van der Waals surface area contributed by atoms with Gasteiger partial charge in [0.2, 0.25) is 0 Å². The topological polar surface area (TPSA) is 22.4 Å². The van der Waals surface area contributed by atoms with Crippen molar-refractivity contribution in [3.8, 4) is 0 Å². The summed E-state index contributed by atoms with van der Waals surface area (Å²) in [5, 5.41) is 0. The van der Waals surface area contributed by atoms with Crippen LogP contribution in [0.1, 0.15) is 40.4 Å². The SMILES string of the molecule is CC.CC(C)(C)OCc1ccco1. The Morgan fingerprint density at radius 2 is 1.92 bits per heavy atom. The molecule has 0 saturated carbocycles. The Kier molecular flexibility index (Phi) is 5.47. The highest BCUT2D eigenvalue weighted by Crippen LogP contribution is 2.11. The molecule has 2 nitrogen and oxygen atoms in total. The summed E-state index contributed by atoms with van der Waals surface area (Å²) in [4.78, 5) is 0. The number of furan rings is 1. The monoisotopic (exact) mass is 184 g/mol. The first-order valence-electron chi connectivity index (χ1n) is 4.74. The number of hydrogen-bond acceptors (Lipinski definition) is 2. The van der Waals surface area contributed by atoms with E-state index in [1.165, 1.54) is 0 Å². The molecule has 1 aromatic heterocycles. The maximum atomic E-state index is 5.48. The fraction of sp³-hybridized carbons (Fsp3) is 0.636. The van der Waals surface area contributed by atoms with Crippen molar-refractivity contribution in [2.75, 3.05) is 0 Å². The maximum absolute atomic E-state index is 5.48. The van der Waals surface area contributed by atoms with E-state index >= 15 is 0 Å². The van der Waals surface area contributed by atoms with E-state index in [4.69, 9.17) is 9.15 Å². The van der Waals surface area contributed by atoms with E-state index in [1.807, 2.05) is 46.8 Å². The minimum absolute atomic E-state index is 0.0905. The summed E-state index contributed by atoms with van der Waals surface area (Å²) >= 11 is 0. The van der Waals surface area contributed by atoms with Crippen molar-refractivity contribution in [2.24, 2.45) is 0 Å². The van der Waals surface area contributed by atoms with Crippen molar-refractivity contribution in [2.45, 2.75) is 46.8 Å². The largest absolute Gasteiger partial charge is 0.467 e. The standard InChI is InChI=1S/C9H14O2.C2H6/c1-9(2,3)11-7-8-5-4-6-10-8;1-2/h4-6H,7H2,1-3H3;1-2H3. The van der Waals surface area contributed by atoms with Crippen LogP contribution >= 0.6 is 0 Å². The van der Waals surface area contributed by atoms with Crippen LogP contribution in [-0.2, 0) is 11.3 Å². The van der Waals surface area contributed by atoms with Crippen LogP contribution in [0.3, 0.4) is 0 Å². The van der Waals surface area contributed by atoms with Gasteiger partial charge in [0.1, 0.15) is 12.4 Å². The summed E-state index contributed by atoms with van der Waals surface area (Å²) in [5.41, 5.74) is -0.0905. The minimum Gasteiger partial charge on any atom is -0.467 e. The molecular weight excluding hydrogens is 164 g/mol. The van der Waals surface area contributed by atoms with E-state index in [-0.39, 0.29) is 5.60 Å². The summed E-state index contributed by atoms with van der Waals surface area (Å²) in [5.74, 6) is 0.875. The molecule has 0 radical (unpaired) electrons. The zero-order valence-corrected chi connectivity index (χ0v) is 9.26. The summed E-state index contributed by atoms with van der Waals surface area (Å²) in [6.07, 6.45) is 1.65. The van der Waals surface area contributed by atoms with Crippen LogP contribution in [-0.4, -0.2) is 5.60 Å². The molecule has 2 heteroatoms. The summed E-state index contributed by atoms with van der Waals surface area (Å²) in [6.45, 7) is 10.6. The predicted octanol–water partition coefficient (Wildman–Crippen LogP) is 3.62. The lowest BCUT2D eigenvalue weighted by atomic mass is 10.2. The first kappa shape index (κ1) is 12.2. The van der Waals surface area contributed by atoms with Crippen molar-refractivity contribution in [1.29, 1.82) is 0 Å². The molecule has 1 heterocycles. The molecule has 0 bridgehead atoms. The van der Waals surface area contributed by atoms with Crippen LogP contribution in [0.15, 0.2) is 22.8 Å². The van der Waals surface area contributed by atoms with Crippen LogP contribution in [0.25, 0.3) is 0 Å². The van der Waals surface area contributed by atoms with Gasteiger partial charge in [-0.15, -0.1) is 0 Å². The van der Waals surface area contributed by atoms with Crippen molar-refractivity contribution in [3.63, 3.8) is 0 Å². The Bertz CT molecular complexity index is 194. The lowest BCUT2D eigenvalue weighted by Crippen LogP contribution is -2.18. The molecule has 0 aromatic carbocycles. The molecule has 1 aromatic rings. The summed E-state index contributed by atoms with van der Waals surface area (Å²) < 4.78 is 10.6. The van der Waals surface area contributed by atoms with E-state index in [9.17, 15) is 0 Å². The van der Waals surface area contributed by atoms with Crippen molar-refractivity contribution in [1.82, 2.24) is 0 Å². The van der Waals surface area contributed by atoms with Crippen LogP contribution in [0.5, 0.6) is 0 Å². The third-order valence-corrected chi connectivity index (χ3v) is 1.23. The van der Waals surface area contributed by atoms with Gasteiger partial charge < -0.3 is 9.15 Å². The summed E-state index contributed by atoms with van der Waals surface area (Å²) in [6, 6.07) is 3.77. The van der Waals surface area contributed by atoms with Gasteiger partial charge in [-0.25, -0.2) is 0 Å². The molecule has 0 spiro atoms. The third-order valence-electron chi connectivity index (χ3n) is 1.23. The molecule has 0 amide bonds. The Labute approximate surface area is 80.9 Å². The normalized spacial score (nSPS) is 10.5. The quantitative estimate of drug-likeness (QED) is 0.700. The first-order chi connectivity index (χ1) is 6.08. The molecule has 0 N–H and O–H groups in total. The molecule has 13 heavy (non-hydrogen) atoms. The molecule has 0 fully saturated rings. The van der Waals surface area contributed by atoms with E-state index in [1.54, 1.807) is 6.26 Å². The average molecular weight is 184 g/mol. The average Bonchev–Trinajstić information content (AvgIpc) is 2.55. The predicted molar refractivity (Wildman–Crippen MR) is 54.6 cm³/mol. The second-order valence-corrected chi connectivity index (χ2v) is 3.48. The van der Waals surface area contributed by atoms with Gasteiger partial charge in [-0.3, -0.25) is 0 Å². The van der Waals surface area contributed by atoms with Crippen LogP contribution in [0.2, 0.25) is 0 Å². The third kappa shape index (κ3) is 6.41.